The largest absolute Gasteiger partial charge is 0.338 e. The molecule has 4 nitrogen and oxygen atoms in total. The number of nitrogens with one attached hydrogen (secondary N) is 1. The number of hydrogen-bond donors (Lipinski definition) is 1. The fourth-order valence-electron chi connectivity index (χ4n) is 1.99. The Balaban J connectivity index is 1.96. The first kappa shape index (κ1) is 12.9. The van der Waals surface area contributed by atoms with Crippen molar-refractivity contribution in [2.24, 2.45) is 0 Å². The molecule has 102 valence electrons. The van der Waals surface area contributed by atoms with Crippen LogP contribution in [-0.2, 0) is 6.42 Å². The zero-order valence-electron chi connectivity index (χ0n) is 11.1. The van der Waals surface area contributed by atoms with Crippen LogP contribution in [0.3, 0.4) is 0 Å². The summed E-state index contributed by atoms with van der Waals surface area (Å²) in [4.78, 5) is 12.3. The van der Waals surface area contributed by atoms with Crippen molar-refractivity contribution < 1.29 is 4.39 Å². The van der Waals surface area contributed by atoms with Gasteiger partial charge in [-0.15, -0.1) is 11.3 Å². The SMILES string of the molecule is CCc1ncnc(Nc2ccc3nc(C)sc3c2)c1F. The van der Waals surface area contributed by atoms with E-state index in [0.29, 0.717) is 12.1 Å². The normalized spacial score (nSPS) is 10.9. The molecule has 0 spiro atoms. The topological polar surface area (TPSA) is 50.7 Å². The lowest BCUT2D eigenvalue weighted by Crippen LogP contribution is -2.02. The minimum Gasteiger partial charge on any atom is -0.338 e. The van der Waals surface area contributed by atoms with E-state index in [1.54, 1.807) is 11.3 Å². The van der Waals surface area contributed by atoms with E-state index >= 15 is 0 Å². The summed E-state index contributed by atoms with van der Waals surface area (Å²) < 4.78 is 15.1. The summed E-state index contributed by atoms with van der Waals surface area (Å²) >= 11 is 1.61. The Labute approximate surface area is 119 Å². The molecule has 2 aromatic heterocycles. The monoisotopic (exact) mass is 288 g/mol. The van der Waals surface area contributed by atoms with Crippen molar-refractivity contribution in [1.29, 1.82) is 0 Å². The van der Waals surface area contributed by atoms with Crippen LogP contribution in [0.4, 0.5) is 15.9 Å². The van der Waals surface area contributed by atoms with Crippen molar-refractivity contribution in [1.82, 2.24) is 15.0 Å². The van der Waals surface area contributed by atoms with Crippen molar-refractivity contribution in [3.05, 3.63) is 41.0 Å². The van der Waals surface area contributed by atoms with Gasteiger partial charge in [0.1, 0.15) is 6.33 Å². The Morgan fingerprint density at radius 2 is 2.15 bits per heavy atom. The summed E-state index contributed by atoms with van der Waals surface area (Å²) in [6.07, 6.45) is 1.91. The van der Waals surface area contributed by atoms with Crippen LogP contribution in [-0.4, -0.2) is 15.0 Å². The van der Waals surface area contributed by atoms with Gasteiger partial charge in [-0.25, -0.2) is 19.3 Å². The third kappa shape index (κ3) is 2.34. The minimum absolute atomic E-state index is 0.206. The van der Waals surface area contributed by atoms with Crippen LogP contribution in [0.25, 0.3) is 10.2 Å². The minimum atomic E-state index is -0.393. The van der Waals surface area contributed by atoms with Crippen molar-refractivity contribution in [3.8, 4) is 0 Å². The van der Waals surface area contributed by atoms with E-state index in [9.17, 15) is 4.39 Å². The average molecular weight is 288 g/mol. The molecule has 3 aromatic rings. The maximum Gasteiger partial charge on any atom is 0.187 e. The van der Waals surface area contributed by atoms with E-state index in [4.69, 9.17) is 0 Å². The third-order valence-corrected chi connectivity index (χ3v) is 3.89. The highest BCUT2D eigenvalue weighted by atomic mass is 32.1. The number of halogens is 1. The van der Waals surface area contributed by atoms with Crippen LogP contribution in [0.5, 0.6) is 0 Å². The molecule has 0 aliphatic rings. The zero-order valence-corrected chi connectivity index (χ0v) is 12.0. The quantitative estimate of drug-likeness (QED) is 0.795. The Morgan fingerprint density at radius 3 is 2.95 bits per heavy atom. The lowest BCUT2D eigenvalue weighted by atomic mass is 10.2. The predicted octanol–water partition coefficient (Wildman–Crippen LogP) is 3.84. The van der Waals surface area contributed by atoms with Gasteiger partial charge in [-0.2, -0.15) is 0 Å². The molecule has 0 fully saturated rings. The number of fused-ring (bicyclic) bond motifs is 1. The molecule has 6 heteroatoms. The summed E-state index contributed by atoms with van der Waals surface area (Å²) in [6, 6.07) is 5.74. The summed E-state index contributed by atoms with van der Waals surface area (Å²) in [6.45, 7) is 3.83. The first-order chi connectivity index (χ1) is 9.67. The average Bonchev–Trinajstić information content (AvgIpc) is 2.80. The number of hydrogen-bond acceptors (Lipinski definition) is 5. The van der Waals surface area contributed by atoms with Gasteiger partial charge in [0.05, 0.1) is 20.9 Å². The number of aryl methyl sites for hydroxylation is 2. The van der Waals surface area contributed by atoms with Gasteiger partial charge in [0.2, 0.25) is 0 Å². The van der Waals surface area contributed by atoms with Gasteiger partial charge < -0.3 is 5.32 Å². The van der Waals surface area contributed by atoms with Gasteiger partial charge in [0.25, 0.3) is 0 Å². The van der Waals surface area contributed by atoms with Crippen LogP contribution >= 0.6 is 11.3 Å². The van der Waals surface area contributed by atoms with Gasteiger partial charge in [0.15, 0.2) is 11.6 Å². The van der Waals surface area contributed by atoms with Gasteiger partial charge >= 0.3 is 0 Å². The molecule has 1 N–H and O–H groups in total. The van der Waals surface area contributed by atoms with Crippen molar-refractivity contribution in [3.63, 3.8) is 0 Å². The first-order valence-electron chi connectivity index (χ1n) is 6.31. The van der Waals surface area contributed by atoms with Crippen LogP contribution in [0.2, 0.25) is 0 Å². The van der Waals surface area contributed by atoms with E-state index in [1.807, 2.05) is 32.0 Å². The Hall–Kier alpha value is -2.08. The molecule has 0 aliphatic carbocycles. The molecule has 2 heterocycles. The highest BCUT2D eigenvalue weighted by molar-refractivity contribution is 7.18. The molecule has 0 unspecified atom stereocenters. The second-order valence-corrected chi connectivity index (χ2v) is 5.61. The summed E-state index contributed by atoms with van der Waals surface area (Å²) in [7, 11) is 0. The first-order valence-corrected chi connectivity index (χ1v) is 7.12. The highest BCUT2D eigenvalue weighted by Crippen LogP contribution is 2.27. The Morgan fingerprint density at radius 1 is 1.30 bits per heavy atom. The van der Waals surface area contributed by atoms with Crippen LogP contribution < -0.4 is 5.32 Å². The molecular weight excluding hydrogens is 275 g/mol. The fourth-order valence-corrected chi connectivity index (χ4v) is 2.86. The standard InChI is InChI=1S/C14H13FN4S/c1-3-10-13(15)14(17-7-16-10)19-9-4-5-11-12(6-9)20-8(2)18-11/h4-7H,3H2,1-2H3,(H,16,17,19). The number of aromatic nitrogens is 3. The number of rotatable bonds is 3. The summed E-state index contributed by atoms with van der Waals surface area (Å²) in [5.74, 6) is -0.187. The van der Waals surface area contributed by atoms with Crippen LogP contribution in [0.15, 0.2) is 24.5 Å². The molecule has 0 saturated heterocycles. The van der Waals surface area contributed by atoms with Gasteiger partial charge in [-0.3, -0.25) is 0 Å². The van der Waals surface area contributed by atoms with E-state index in [1.165, 1.54) is 6.33 Å². The lowest BCUT2D eigenvalue weighted by Gasteiger charge is -2.08. The predicted molar refractivity (Wildman–Crippen MR) is 79.0 cm³/mol. The number of benzene rings is 1. The van der Waals surface area contributed by atoms with Gasteiger partial charge in [-0.1, -0.05) is 6.92 Å². The second-order valence-electron chi connectivity index (χ2n) is 4.38. The Kier molecular flexibility index (Phi) is 3.31. The fraction of sp³-hybridized carbons (Fsp3) is 0.214. The van der Waals surface area contributed by atoms with Crippen molar-refractivity contribution in [2.45, 2.75) is 20.3 Å². The summed E-state index contributed by atoms with van der Waals surface area (Å²) in [5.41, 5.74) is 2.16. The molecular formula is C14H13FN4S. The van der Waals surface area contributed by atoms with Gasteiger partial charge in [-0.05, 0) is 31.5 Å². The molecule has 0 saturated carbocycles. The molecule has 0 aliphatic heterocycles. The third-order valence-electron chi connectivity index (χ3n) is 2.95. The van der Waals surface area contributed by atoms with Crippen molar-refractivity contribution in [2.75, 3.05) is 5.32 Å². The number of anilines is 2. The molecule has 0 bridgehead atoms. The smallest absolute Gasteiger partial charge is 0.187 e. The van der Waals surface area contributed by atoms with Crippen LogP contribution in [0, 0.1) is 12.7 Å². The second kappa shape index (κ2) is 5.13. The van der Waals surface area contributed by atoms with E-state index in [0.717, 1.165) is 20.9 Å². The van der Waals surface area contributed by atoms with E-state index < -0.39 is 5.82 Å². The Bertz CT molecular complexity index is 769. The molecule has 3 rings (SSSR count). The maximum atomic E-state index is 14.1. The molecule has 0 radical (unpaired) electrons. The molecule has 20 heavy (non-hydrogen) atoms. The summed E-state index contributed by atoms with van der Waals surface area (Å²) in [5, 5.41) is 4.01. The number of thiazole rings is 1. The number of nitrogens with zero attached hydrogens (tertiary/aromatic N) is 3. The molecule has 1 aromatic carbocycles. The highest BCUT2D eigenvalue weighted by Gasteiger charge is 2.10. The van der Waals surface area contributed by atoms with E-state index in [2.05, 4.69) is 20.3 Å². The van der Waals surface area contributed by atoms with Crippen LogP contribution in [0.1, 0.15) is 17.6 Å². The maximum absolute atomic E-state index is 14.1. The molecule has 0 amide bonds. The lowest BCUT2D eigenvalue weighted by molar-refractivity contribution is 0.599. The van der Waals surface area contributed by atoms with E-state index in [-0.39, 0.29) is 5.82 Å². The molecule has 0 atom stereocenters. The zero-order chi connectivity index (χ0) is 14.1. The van der Waals surface area contributed by atoms with Gasteiger partial charge in [0, 0.05) is 5.69 Å². The van der Waals surface area contributed by atoms with Crippen molar-refractivity contribution >= 4 is 33.1 Å².